The van der Waals surface area contributed by atoms with Crippen LogP contribution >= 0.6 is 11.8 Å². The van der Waals surface area contributed by atoms with Crippen LogP contribution in [0.1, 0.15) is 11.1 Å². The van der Waals surface area contributed by atoms with Gasteiger partial charge in [0.15, 0.2) is 5.17 Å². The SMILES string of the molecule is COC(=O)/C=C1/S/C(=N\N=Cc2ccccc2CN(C)C)NC1=O. The van der Waals surface area contributed by atoms with E-state index >= 15 is 0 Å². The first kappa shape index (κ1) is 17.9. The number of ether oxygens (including phenoxy) is 1. The summed E-state index contributed by atoms with van der Waals surface area (Å²) in [6.07, 6.45) is 2.76. The van der Waals surface area contributed by atoms with Gasteiger partial charge in [-0.05, 0) is 37.0 Å². The van der Waals surface area contributed by atoms with Crippen molar-refractivity contribution in [2.45, 2.75) is 6.54 Å². The topological polar surface area (TPSA) is 83.4 Å². The number of methoxy groups -OCH3 is 1. The molecule has 126 valence electrons. The second-order valence-electron chi connectivity index (χ2n) is 5.17. The number of hydrogen-bond donors (Lipinski definition) is 1. The first-order valence-corrected chi connectivity index (χ1v) is 7.93. The Morgan fingerprint density at radius 3 is 2.83 bits per heavy atom. The fourth-order valence-electron chi connectivity index (χ4n) is 1.93. The Bertz CT molecular complexity index is 726. The lowest BCUT2D eigenvalue weighted by atomic mass is 10.1. The van der Waals surface area contributed by atoms with Crippen LogP contribution in [0.5, 0.6) is 0 Å². The van der Waals surface area contributed by atoms with Gasteiger partial charge in [-0.25, -0.2) is 4.79 Å². The lowest BCUT2D eigenvalue weighted by Crippen LogP contribution is -2.19. The summed E-state index contributed by atoms with van der Waals surface area (Å²) in [5, 5.41) is 10.9. The third-order valence-electron chi connectivity index (χ3n) is 2.99. The van der Waals surface area contributed by atoms with Gasteiger partial charge in [0.05, 0.1) is 18.2 Å². The molecule has 0 unspecified atom stereocenters. The largest absolute Gasteiger partial charge is 0.466 e. The molecule has 0 atom stereocenters. The summed E-state index contributed by atoms with van der Waals surface area (Å²) >= 11 is 1.04. The Kier molecular flexibility index (Phi) is 6.28. The number of carbonyl (C=O) groups is 2. The highest BCUT2D eigenvalue weighted by molar-refractivity contribution is 8.18. The number of amides is 1. The molecule has 1 aromatic carbocycles. The van der Waals surface area contributed by atoms with Crippen LogP contribution in [0.25, 0.3) is 0 Å². The molecule has 0 aromatic heterocycles. The number of esters is 1. The fourth-order valence-corrected chi connectivity index (χ4v) is 2.67. The van der Waals surface area contributed by atoms with E-state index in [1.54, 1.807) is 6.21 Å². The van der Waals surface area contributed by atoms with Crippen molar-refractivity contribution in [3.63, 3.8) is 0 Å². The van der Waals surface area contributed by atoms with Crippen molar-refractivity contribution in [2.24, 2.45) is 10.2 Å². The molecule has 1 aliphatic rings. The second kappa shape index (κ2) is 8.42. The van der Waals surface area contributed by atoms with Gasteiger partial charge in [-0.3, -0.25) is 10.1 Å². The molecule has 8 heteroatoms. The summed E-state index contributed by atoms with van der Waals surface area (Å²) in [5.74, 6) is -0.984. The lowest BCUT2D eigenvalue weighted by Gasteiger charge is -2.11. The van der Waals surface area contributed by atoms with Gasteiger partial charge in [0, 0.05) is 12.6 Å². The average molecular weight is 346 g/mol. The third kappa shape index (κ3) is 5.04. The maximum Gasteiger partial charge on any atom is 0.331 e. The fraction of sp³-hybridized carbons (Fsp3) is 0.250. The second-order valence-corrected chi connectivity index (χ2v) is 6.20. The maximum atomic E-state index is 11.7. The molecule has 1 saturated heterocycles. The quantitative estimate of drug-likeness (QED) is 0.377. The Balaban J connectivity index is 2.09. The van der Waals surface area contributed by atoms with Crippen molar-refractivity contribution < 1.29 is 14.3 Å². The third-order valence-corrected chi connectivity index (χ3v) is 3.89. The highest BCUT2D eigenvalue weighted by Gasteiger charge is 2.24. The van der Waals surface area contributed by atoms with Crippen LogP contribution in [0.3, 0.4) is 0 Å². The predicted octanol–water partition coefficient (Wildman–Crippen LogP) is 1.36. The van der Waals surface area contributed by atoms with Crippen LogP contribution in [0.4, 0.5) is 0 Å². The monoisotopic (exact) mass is 346 g/mol. The standard InChI is InChI=1S/C16H18N4O3S/c1-20(2)10-12-7-5-4-6-11(12)9-17-19-16-18-15(22)13(24-16)8-14(21)23-3/h4-9H,10H2,1-3H3,(H,18,19,22)/b13-8+,17-9?. The van der Waals surface area contributed by atoms with Gasteiger partial charge in [0.25, 0.3) is 5.91 Å². The average Bonchev–Trinajstić information content (AvgIpc) is 2.88. The van der Waals surface area contributed by atoms with Crippen molar-refractivity contribution >= 4 is 35.0 Å². The zero-order valence-electron chi connectivity index (χ0n) is 13.6. The van der Waals surface area contributed by atoms with Crippen LogP contribution in [-0.4, -0.2) is 49.4 Å². The predicted molar refractivity (Wildman–Crippen MR) is 94.7 cm³/mol. The zero-order valence-corrected chi connectivity index (χ0v) is 14.5. The first-order valence-electron chi connectivity index (χ1n) is 7.12. The van der Waals surface area contributed by atoms with E-state index in [0.29, 0.717) is 5.17 Å². The van der Waals surface area contributed by atoms with Crippen molar-refractivity contribution in [3.8, 4) is 0 Å². The number of thioether (sulfide) groups is 1. The minimum Gasteiger partial charge on any atom is -0.466 e. The van der Waals surface area contributed by atoms with E-state index in [1.165, 1.54) is 7.11 Å². The summed E-state index contributed by atoms with van der Waals surface area (Å²) in [6, 6.07) is 7.87. The van der Waals surface area contributed by atoms with Crippen molar-refractivity contribution in [1.82, 2.24) is 10.2 Å². The van der Waals surface area contributed by atoms with Gasteiger partial charge in [-0.15, -0.1) is 5.10 Å². The normalized spacial score (nSPS) is 17.9. The van der Waals surface area contributed by atoms with Gasteiger partial charge in [-0.1, -0.05) is 24.3 Å². The summed E-state index contributed by atoms with van der Waals surface area (Å²) in [4.78, 5) is 25.2. The smallest absolute Gasteiger partial charge is 0.331 e. The molecular weight excluding hydrogens is 328 g/mol. The van der Waals surface area contributed by atoms with Crippen molar-refractivity contribution in [1.29, 1.82) is 0 Å². The Hall–Kier alpha value is -2.45. The summed E-state index contributed by atoms with van der Waals surface area (Å²) in [6.45, 7) is 0.788. The van der Waals surface area contributed by atoms with Crippen molar-refractivity contribution in [2.75, 3.05) is 21.2 Å². The molecule has 2 rings (SSSR count). The summed E-state index contributed by atoms with van der Waals surface area (Å²) in [5.41, 5.74) is 2.08. The highest BCUT2D eigenvalue weighted by Crippen LogP contribution is 2.23. The lowest BCUT2D eigenvalue weighted by molar-refractivity contribution is -0.135. The number of benzene rings is 1. The van der Waals surface area contributed by atoms with Gasteiger partial charge >= 0.3 is 5.97 Å². The van der Waals surface area contributed by atoms with E-state index in [9.17, 15) is 9.59 Å². The minimum absolute atomic E-state index is 0.226. The van der Waals surface area contributed by atoms with E-state index in [-0.39, 0.29) is 4.91 Å². The molecule has 24 heavy (non-hydrogen) atoms. The molecular formula is C16H18N4O3S. The van der Waals surface area contributed by atoms with Crippen LogP contribution in [0, 0.1) is 0 Å². The van der Waals surface area contributed by atoms with Crippen LogP contribution in [0.15, 0.2) is 45.4 Å². The molecule has 1 aliphatic heterocycles. The molecule has 7 nitrogen and oxygen atoms in total. The van der Waals surface area contributed by atoms with E-state index in [0.717, 1.165) is 35.5 Å². The number of carbonyl (C=O) groups excluding carboxylic acids is 2. The summed E-state index contributed by atoms with van der Waals surface area (Å²) < 4.78 is 4.50. The molecule has 0 aliphatic carbocycles. The first-order chi connectivity index (χ1) is 11.5. The number of hydrogen-bond acceptors (Lipinski definition) is 7. The van der Waals surface area contributed by atoms with E-state index < -0.39 is 11.9 Å². The molecule has 0 radical (unpaired) electrons. The van der Waals surface area contributed by atoms with E-state index in [1.807, 2.05) is 38.4 Å². The van der Waals surface area contributed by atoms with Crippen LogP contribution in [0.2, 0.25) is 0 Å². The number of nitrogens with zero attached hydrogens (tertiary/aromatic N) is 3. The van der Waals surface area contributed by atoms with Crippen LogP contribution in [-0.2, 0) is 20.9 Å². The molecule has 0 bridgehead atoms. The van der Waals surface area contributed by atoms with Gasteiger partial charge in [0.2, 0.25) is 0 Å². The zero-order chi connectivity index (χ0) is 17.5. The van der Waals surface area contributed by atoms with Gasteiger partial charge in [-0.2, -0.15) is 5.10 Å². The maximum absolute atomic E-state index is 11.7. The molecule has 1 aromatic rings. The molecule has 1 heterocycles. The number of rotatable bonds is 5. The van der Waals surface area contributed by atoms with E-state index in [2.05, 4.69) is 25.2 Å². The molecule has 0 spiro atoms. The van der Waals surface area contributed by atoms with E-state index in [4.69, 9.17) is 0 Å². The highest BCUT2D eigenvalue weighted by atomic mass is 32.2. The Labute approximate surface area is 144 Å². The number of amidine groups is 1. The Morgan fingerprint density at radius 1 is 1.38 bits per heavy atom. The summed E-state index contributed by atoms with van der Waals surface area (Å²) in [7, 11) is 5.24. The minimum atomic E-state index is -0.588. The molecule has 1 N–H and O–H groups in total. The molecule has 1 amide bonds. The Morgan fingerprint density at radius 2 is 2.12 bits per heavy atom. The van der Waals surface area contributed by atoms with Crippen molar-refractivity contribution in [3.05, 3.63) is 46.4 Å². The van der Waals surface area contributed by atoms with Gasteiger partial charge < -0.3 is 9.64 Å². The van der Waals surface area contributed by atoms with Crippen LogP contribution < -0.4 is 5.32 Å². The molecule has 0 saturated carbocycles. The molecule has 1 fully saturated rings. The van der Waals surface area contributed by atoms with Gasteiger partial charge in [0.1, 0.15) is 0 Å². The number of nitrogens with one attached hydrogen (secondary N) is 1.